The number of aromatic nitrogens is 3. The molecule has 0 radical (unpaired) electrons. The third-order valence-electron chi connectivity index (χ3n) is 4.70. The normalized spacial score (nSPS) is 11.0. The predicted molar refractivity (Wildman–Crippen MR) is 118 cm³/mol. The predicted octanol–water partition coefficient (Wildman–Crippen LogP) is 4.73. The molecule has 6 heteroatoms. The van der Waals surface area contributed by atoms with Crippen LogP contribution in [-0.4, -0.2) is 27.7 Å². The van der Waals surface area contributed by atoms with Crippen LogP contribution in [0.5, 0.6) is 5.75 Å². The summed E-state index contributed by atoms with van der Waals surface area (Å²) in [7, 11) is 1.53. The lowest BCUT2D eigenvalue weighted by atomic mass is 10.0. The van der Waals surface area contributed by atoms with E-state index in [9.17, 15) is 10.1 Å². The van der Waals surface area contributed by atoms with Crippen molar-refractivity contribution < 1.29 is 9.53 Å². The van der Waals surface area contributed by atoms with Crippen molar-refractivity contribution in [2.24, 2.45) is 0 Å². The van der Waals surface area contributed by atoms with E-state index >= 15 is 0 Å². The summed E-state index contributed by atoms with van der Waals surface area (Å²) >= 11 is 0. The van der Waals surface area contributed by atoms with Crippen LogP contribution < -0.4 is 4.74 Å². The fraction of sp³-hybridized carbons (Fsp3) is 0.0400. The van der Waals surface area contributed by atoms with Crippen molar-refractivity contribution in [1.29, 1.82) is 5.26 Å². The molecule has 0 N–H and O–H groups in total. The van der Waals surface area contributed by atoms with Gasteiger partial charge in [-0.3, -0.25) is 9.78 Å². The van der Waals surface area contributed by atoms with Gasteiger partial charge in [0.15, 0.2) is 0 Å². The summed E-state index contributed by atoms with van der Waals surface area (Å²) < 4.78 is 6.91. The second-order valence-corrected chi connectivity index (χ2v) is 6.69. The number of nitriles is 1. The van der Waals surface area contributed by atoms with Gasteiger partial charge in [0.05, 0.1) is 12.8 Å². The van der Waals surface area contributed by atoms with Gasteiger partial charge in [0.2, 0.25) is 5.78 Å². The third kappa shape index (κ3) is 4.26. The van der Waals surface area contributed by atoms with Gasteiger partial charge >= 0.3 is 0 Å². The van der Waals surface area contributed by atoms with Gasteiger partial charge in [-0.25, -0.2) is 4.68 Å². The zero-order chi connectivity index (χ0) is 21.6. The highest BCUT2D eigenvalue weighted by Crippen LogP contribution is 2.26. The first kappa shape index (κ1) is 19.8. The molecule has 0 fully saturated rings. The molecule has 4 aromatic rings. The Morgan fingerprint density at radius 3 is 2.65 bits per heavy atom. The van der Waals surface area contributed by atoms with E-state index in [0.717, 1.165) is 11.3 Å². The maximum atomic E-state index is 13.0. The summed E-state index contributed by atoms with van der Waals surface area (Å²) in [6.07, 6.45) is 6.75. The van der Waals surface area contributed by atoms with E-state index in [4.69, 9.17) is 4.74 Å². The van der Waals surface area contributed by atoms with Crippen LogP contribution in [0.15, 0.2) is 90.9 Å². The van der Waals surface area contributed by atoms with Crippen LogP contribution in [0.4, 0.5) is 0 Å². The Hall–Kier alpha value is -4.50. The maximum absolute atomic E-state index is 13.0. The zero-order valence-corrected chi connectivity index (χ0v) is 16.8. The van der Waals surface area contributed by atoms with Crippen LogP contribution >= 0.6 is 0 Å². The van der Waals surface area contributed by atoms with E-state index in [-0.39, 0.29) is 11.4 Å². The molecule has 0 aliphatic rings. The van der Waals surface area contributed by atoms with E-state index in [1.165, 1.54) is 7.11 Å². The molecule has 0 aliphatic heterocycles. The number of allylic oxidation sites excluding steroid dienone is 1. The number of carbonyl (C=O) groups is 1. The molecule has 0 saturated heterocycles. The van der Waals surface area contributed by atoms with E-state index in [0.29, 0.717) is 22.6 Å². The van der Waals surface area contributed by atoms with Crippen LogP contribution in [0.2, 0.25) is 0 Å². The second kappa shape index (κ2) is 8.89. The monoisotopic (exact) mass is 406 g/mol. The van der Waals surface area contributed by atoms with E-state index in [2.05, 4.69) is 10.1 Å². The fourth-order valence-electron chi connectivity index (χ4n) is 3.16. The number of para-hydroxylation sites is 1. The van der Waals surface area contributed by atoms with Gasteiger partial charge in [0, 0.05) is 35.3 Å². The van der Waals surface area contributed by atoms with Gasteiger partial charge in [0.25, 0.3) is 0 Å². The first-order valence-electron chi connectivity index (χ1n) is 9.55. The second-order valence-electron chi connectivity index (χ2n) is 6.69. The number of methoxy groups -OCH3 is 1. The topological polar surface area (TPSA) is 80.8 Å². The molecule has 2 heterocycles. The van der Waals surface area contributed by atoms with Gasteiger partial charge in [-0.05, 0) is 42.5 Å². The van der Waals surface area contributed by atoms with Crippen LogP contribution in [0.25, 0.3) is 23.0 Å². The highest BCUT2D eigenvalue weighted by atomic mass is 16.5. The molecular weight excluding hydrogens is 388 g/mol. The highest BCUT2D eigenvalue weighted by Gasteiger charge is 2.17. The number of rotatable bonds is 6. The Morgan fingerprint density at radius 1 is 1.10 bits per heavy atom. The number of pyridine rings is 1. The Bertz CT molecular complexity index is 1290. The molecule has 0 saturated carbocycles. The molecule has 2 aromatic heterocycles. The summed E-state index contributed by atoms with van der Waals surface area (Å²) in [5.41, 5.74) is 3.31. The quantitative estimate of drug-likeness (QED) is 0.263. The summed E-state index contributed by atoms with van der Waals surface area (Å²) in [4.78, 5) is 17.2. The molecule has 2 aromatic carbocycles. The number of carbonyl (C=O) groups excluding carboxylic acids is 1. The first-order valence-corrected chi connectivity index (χ1v) is 9.55. The SMILES string of the molecule is COc1cccc(C(=O)/C(C#N)=C\c2cn(-c3ccccc3)nc2-c2cccnc2)c1. The zero-order valence-electron chi connectivity index (χ0n) is 16.8. The number of ether oxygens (including phenoxy) is 1. The van der Waals surface area contributed by atoms with Gasteiger partial charge in [-0.1, -0.05) is 30.3 Å². The largest absolute Gasteiger partial charge is 0.497 e. The Morgan fingerprint density at radius 2 is 1.94 bits per heavy atom. The van der Waals surface area contributed by atoms with Crippen LogP contribution in [0, 0.1) is 11.3 Å². The summed E-state index contributed by atoms with van der Waals surface area (Å²) in [5, 5.41) is 14.4. The van der Waals surface area contributed by atoms with Gasteiger partial charge < -0.3 is 4.74 Å². The van der Waals surface area contributed by atoms with Crippen molar-refractivity contribution in [2.45, 2.75) is 0 Å². The molecule has 0 atom stereocenters. The van der Waals surface area contributed by atoms with Gasteiger partial charge in [-0.15, -0.1) is 0 Å². The van der Waals surface area contributed by atoms with Crippen molar-refractivity contribution in [3.63, 3.8) is 0 Å². The van der Waals surface area contributed by atoms with Gasteiger partial charge in [-0.2, -0.15) is 10.4 Å². The van der Waals surface area contributed by atoms with Crippen molar-refractivity contribution in [3.8, 4) is 28.8 Å². The fourth-order valence-corrected chi connectivity index (χ4v) is 3.16. The summed E-state index contributed by atoms with van der Waals surface area (Å²) in [6.45, 7) is 0. The summed E-state index contributed by atoms with van der Waals surface area (Å²) in [6, 6.07) is 22.1. The molecule has 0 spiro atoms. The van der Waals surface area contributed by atoms with Crippen molar-refractivity contribution in [1.82, 2.24) is 14.8 Å². The molecule has 0 unspecified atom stereocenters. The molecule has 0 bridgehead atoms. The lowest BCUT2D eigenvalue weighted by molar-refractivity contribution is 0.103. The minimum Gasteiger partial charge on any atom is -0.497 e. The number of ketones is 1. The van der Waals surface area contributed by atoms with Crippen LogP contribution in [-0.2, 0) is 0 Å². The van der Waals surface area contributed by atoms with Crippen LogP contribution in [0.1, 0.15) is 15.9 Å². The summed E-state index contributed by atoms with van der Waals surface area (Å²) in [5.74, 6) is 0.169. The Kier molecular flexibility index (Phi) is 5.68. The molecule has 4 rings (SSSR count). The van der Waals surface area contributed by atoms with Crippen molar-refractivity contribution >= 4 is 11.9 Å². The van der Waals surface area contributed by atoms with Gasteiger partial charge in [0.1, 0.15) is 23.1 Å². The van der Waals surface area contributed by atoms with Crippen molar-refractivity contribution in [2.75, 3.05) is 7.11 Å². The average Bonchev–Trinajstić information content (AvgIpc) is 3.27. The standard InChI is InChI=1S/C25H18N4O2/c1-31-23-11-5-7-18(14-23)25(30)20(15-26)13-21-17-29(22-9-3-2-4-10-22)28-24(21)19-8-6-12-27-16-19/h2-14,16-17H,1H3/b20-13-. The third-order valence-corrected chi connectivity index (χ3v) is 4.70. The molecule has 150 valence electrons. The lowest BCUT2D eigenvalue weighted by Gasteiger charge is -2.03. The lowest BCUT2D eigenvalue weighted by Crippen LogP contribution is -2.02. The number of Topliss-reactive ketones (excluding diaryl/α,β-unsaturated/α-hetero) is 1. The number of nitrogens with zero attached hydrogens (tertiary/aromatic N) is 4. The number of hydrogen-bond donors (Lipinski definition) is 0. The minimum atomic E-state index is -0.383. The first-order chi connectivity index (χ1) is 15.2. The number of hydrogen-bond acceptors (Lipinski definition) is 5. The van der Waals surface area contributed by atoms with E-state index in [1.54, 1.807) is 53.6 Å². The van der Waals surface area contributed by atoms with E-state index < -0.39 is 0 Å². The van der Waals surface area contributed by atoms with Crippen molar-refractivity contribution in [3.05, 3.63) is 102 Å². The molecular formula is C25H18N4O2. The molecule has 6 nitrogen and oxygen atoms in total. The Balaban J connectivity index is 1.81. The smallest absolute Gasteiger partial charge is 0.203 e. The molecule has 0 amide bonds. The minimum absolute atomic E-state index is 0.00556. The molecule has 31 heavy (non-hydrogen) atoms. The molecule has 0 aliphatic carbocycles. The average molecular weight is 406 g/mol. The highest BCUT2D eigenvalue weighted by molar-refractivity contribution is 6.14. The number of benzene rings is 2. The van der Waals surface area contributed by atoms with E-state index in [1.807, 2.05) is 48.5 Å². The Labute approximate surface area is 179 Å². The van der Waals surface area contributed by atoms with Crippen LogP contribution in [0.3, 0.4) is 0 Å². The maximum Gasteiger partial charge on any atom is 0.203 e.